The van der Waals surface area contributed by atoms with Crippen molar-refractivity contribution in [3.05, 3.63) is 0 Å². The first-order valence-corrected chi connectivity index (χ1v) is 20.9. The number of hydrogen-bond acceptors (Lipinski definition) is 0. The summed E-state index contributed by atoms with van der Waals surface area (Å²) in [6.45, 7) is 3.64. The number of nitrogens with zero attached hydrogens (tertiary/aromatic N) is 1. The van der Waals surface area contributed by atoms with Crippen molar-refractivity contribution in [1.82, 2.24) is 0 Å². The van der Waals surface area contributed by atoms with Gasteiger partial charge >= 0.3 is 0 Å². The molecule has 0 radical (unpaired) electrons. The van der Waals surface area contributed by atoms with Crippen molar-refractivity contribution in [3.8, 4) is 0 Å². The summed E-state index contributed by atoms with van der Waals surface area (Å²) in [6, 6.07) is 0. The standard InChI is InChI=1S/C42H88N.BrH/c1-5-6-7-8-9-10-11-12-13-14-15-16-17-18-19-20-21-22-23-24-25-26-27-28-29-30-31-32-33-34-35-36-37-38-39-40-41-42-43(2,3)4;/h5-42H2,1-4H3;1H/q+1;/p-1. The Labute approximate surface area is 292 Å². The third kappa shape index (κ3) is 44.6. The van der Waals surface area contributed by atoms with E-state index in [-0.39, 0.29) is 17.0 Å². The molecule has 0 N–H and O–H groups in total. The molecule has 0 aromatic carbocycles. The summed E-state index contributed by atoms with van der Waals surface area (Å²) in [5.41, 5.74) is 0. The van der Waals surface area contributed by atoms with Crippen LogP contribution in [0.4, 0.5) is 0 Å². The van der Waals surface area contributed by atoms with Crippen LogP contribution in [0.3, 0.4) is 0 Å². The Morgan fingerprint density at radius 1 is 0.227 bits per heavy atom. The molecular weight excluding hydrogens is 598 g/mol. The van der Waals surface area contributed by atoms with Gasteiger partial charge in [0.2, 0.25) is 0 Å². The van der Waals surface area contributed by atoms with Crippen LogP contribution in [0.2, 0.25) is 0 Å². The van der Waals surface area contributed by atoms with Crippen LogP contribution in [-0.2, 0) is 0 Å². The highest BCUT2D eigenvalue weighted by atomic mass is 79.9. The van der Waals surface area contributed by atoms with E-state index in [0.717, 1.165) is 4.48 Å². The fourth-order valence-electron chi connectivity index (χ4n) is 6.85. The first-order valence-electron chi connectivity index (χ1n) is 20.9. The van der Waals surface area contributed by atoms with Gasteiger partial charge in [0.25, 0.3) is 0 Å². The minimum Gasteiger partial charge on any atom is -1.00 e. The van der Waals surface area contributed by atoms with Crippen LogP contribution in [0.25, 0.3) is 0 Å². The second-order valence-electron chi connectivity index (χ2n) is 15.7. The molecular formula is C42H88BrN. The van der Waals surface area contributed by atoms with Crippen molar-refractivity contribution >= 4 is 0 Å². The van der Waals surface area contributed by atoms with Gasteiger partial charge in [0, 0.05) is 0 Å². The zero-order valence-corrected chi connectivity index (χ0v) is 33.3. The minimum absolute atomic E-state index is 0. The Hall–Kier alpha value is 0.440. The molecule has 0 fully saturated rings. The molecule has 0 rings (SSSR count). The minimum atomic E-state index is 0. The lowest BCUT2D eigenvalue weighted by molar-refractivity contribution is -0.870. The summed E-state index contributed by atoms with van der Waals surface area (Å²) in [4.78, 5) is 0. The maximum atomic E-state index is 2.31. The van der Waals surface area contributed by atoms with Gasteiger partial charge in [-0.25, -0.2) is 0 Å². The normalized spacial score (nSPS) is 11.7. The first-order chi connectivity index (χ1) is 21.1. The molecule has 0 atom stereocenters. The number of halogens is 1. The molecule has 0 amide bonds. The Morgan fingerprint density at radius 3 is 0.500 bits per heavy atom. The summed E-state index contributed by atoms with van der Waals surface area (Å²) in [7, 11) is 6.93. The molecule has 2 heteroatoms. The van der Waals surface area contributed by atoms with Gasteiger partial charge in [-0.2, -0.15) is 0 Å². The fourth-order valence-corrected chi connectivity index (χ4v) is 6.85. The van der Waals surface area contributed by atoms with Crippen LogP contribution in [0, 0.1) is 0 Å². The van der Waals surface area contributed by atoms with E-state index in [1.165, 1.54) is 244 Å². The third-order valence-corrected chi connectivity index (χ3v) is 9.93. The van der Waals surface area contributed by atoms with Gasteiger partial charge in [-0.05, 0) is 12.8 Å². The van der Waals surface area contributed by atoms with Gasteiger partial charge in [-0.15, -0.1) is 0 Å². The molecule has 0 spiro atoms. The highest BCUT2D eigenvalue weighted by molar-refractivity contribution is 4.53. The molecule has 0 aliphatic heterocycles. The average molecular weight is 687 g/mol. The fraction of sp³-hybridized carbons (Fsp3) is 1.00. The number of quaternary nitrogens is 1. The molecule has 0 aliphatic rings. The maximum Gasteiger partial charge on any atom is 0.0780 e. The lowest BCUT2D eigenvalue weighted by Gasteiger charge is -2.23. The van der Waals surface area contributed by atoms with Crippen molar-refractivity contribution in [2.75, 3.05) is 27.7 Å². The molecule has 0 heterocycles. The molecule has 0 saturated heterocycles. The SMILES string of the molecule is CCCCCCCCCCCCCCCCCCCCCCCCCCCCCCCCCCCCCCC[N+](C)(C)C.[Br-]. The Balaban J connectivity index is 0. The molecule has 0 aromatic heterocycles. The monoisotopic (exact) mass is 686 g/mol. The lowest BCUT2D eigenvalue weighted by Crippen LogP contribution is -3.00. The predicted molar refractivity (Wildman–Crippen MR) is 199 cm³/mol. The third-order valence-electron chi connectivity index (χ3n) is 9.93. The van der Waals surface area contributed by atoms with Crippen LogP contribution in [-0.4, -0.2) is 32.2 Å². The Bertz CT molecular complexity index is 485. The summed E-state index contributed by atoms with van der Waals surface area (Å²) in [6.07, 6.45) is 54.8. The topological polar surface area (TPSA) is 0 Å². The number of rotatable bonds is 38. The van der Waals surface area contributed by atoms with Crippen LogP contribution >= 0.6 is 0 Å². The van der Waals surface area contributed by atoms with Gasteiger partial charge in [0.05, 0.1) is 27.7 Å². The molecule has 0 aliphatic carbocycles. The number of unbranched alkanes of at least 4 members (excludes halogenated alkanes) is 36. The second kappa shape index (κ2) is 39.6. The van der Waals surface area contributed by atoms with Crippen LogP contribution in [0.1, 0.15) is 244 Å². The van der Waals surface area contributed by atoms with Crippen LogP contribution in [0.15, 0.2) is 0 Å². The lowest BCUT2D eigenvalue weighted by atomic mass is 10.0. The van der Waals surface area contributed by atoms with Gasteiger partial charge in [-0.3, -0.25) is 0 Å². The zero-order chi connectivity index (χ0) is 31.4. The van der Waals surface area contributed by atoms with E-state index >= 15 is 0 Å². The van der Waals surface area contributed by atoms with Crippen molar-refractivity contribution in [2.45, 2.75) is 244 Å². The quantitative estimate of drug-likeness (QED) is 0.0448. The smallest absolute Gasteiger partial charge is 0.0780 e. The van der Waals surface area contributed by atoms with E-state index < -0.39 is 0 Å². The van der Waals surface area contributed by atoms with Gasteiger partial charge < -0.3 is 21.5 Å². The highest BCUT2D eigenvalue weighted by Gasteiger charge is 2.05. The summed E-state index contributed by atoms with van der Waals surface area (Å²) in [5, 5.41) is 0. The average Bonchev–Trinajstić information content (AvgIpc) is 2.98. The van der Waals surface area contributed by atoms with E-state index in [4.69, 9.17) is 0 Å². The van der Waals surface area contributed by atoms with E-state index in [0.29, 0.717) is 0 Å². The Morgan fingerprint density at radius 2 is 0.364 bits per heavy atom. The molecule has 0 aromatic rings. The Kier molecular flexibility index (Phi) is 41.9. The molecule has 0 unspecified atom stereocenters. The van der Waals surface area contributed by atoms with E-state index in [9.17, 15) is 0 Å². The maximum absolute atomic E-state index is 2.31. The van der Waals surface area contributed by atoms with Crippen molar-refractivity contribution in [1.29, 1.82) is 0 Å². The van der Waals surface area contributed by atoms with Crippen molar-refractivity contribution in [3.63, 3.8) is 0 Å². The summed E-state index contributed by atoms with van der Waals surface area (Å²) in [5.74, 6) is 0. The number of hydrogen-bond donors (Lipinski definition) is 0. The largest absolute Gasteiger partial charge is 1.00 e. The molecule has 44 heavy (non-hydrogen) atoms. The molecule has 1 nitrogen and oxygen atoms in total. The first kappa shape index (κ1) is 46.6. The highest BCUT2D eigenvalue weighted by Crippen LogP contribution is 2.17. The summed E-state index contributed by atoms with van der Waals surface area (Å²) >= 11 is 0. The van der Waals surface area contributed by atoms with Crippen LogP contribution < -0.4 is 17.0 Å². The summed E-state index contributed by atoms with van der Waals surface area (Å²) < 4.78 is 1.12. The van der Waals surface area contributed by atoms with Crippen molar-refractivity contribution < 1.29 is 21.5 Å². The second-order valence-corrected chi connectivity index (χ2v) is 15.7. The predicted octanol–water partition coefficient (Wildman–Crippen LogP) is 12.2. The molecule has 268 valence electrons. The van der Waals surface area contributed by atoms with E-state index in [1.54, 1.807) is 0 Å². The van der Waals surface area contributed by atoms with Gasteiger partial charge in [-0.1, -0.05) is 232 Å². The van der Waals surface area contributed by atoms with E-state index in [2.05, 4.69) is 28.1 Å². The molecule has 0 saturated carbocycles. The zero-order valence-electron chi connectivity index (χ0n) is 31.7. The van der Waals surface area contributed by atoms with Crippen LogP contribution in [0.5, 0.6) is 0 Å². The van der Waals surface area contributed by atoms with Crippen molar-refractivity contribution in [2.24, 2.45) is 0 Å². The molecule has 0 bridgehead atoms. The van der Waals surface area contributed by atoms with E-state index in [1.807, 2.05) is 0 Å². The van der Waals surface area contributed by atoms with Gasteiger partial charge in [0.15, 0.2) is 0 Å². The van der Waals surface area contributed by atoms with Gasteiger partial charge in [0.1, 0.15) is 0 Å².